The average molecular weight is 214 g/mol. The second-order valence-corrected chi connectivity index (χ2v) is 2.99. The topological polar surface area (TPSA) is 55.1 Å². The number of carbonyl (C=O) groups is 1. The van der Waals surface area contributed by atoms with Crippen molar-refractivity contribution < 1.29 is 4.79 Å². The molecule has 0 rings (SSSR count). The first-order valence-electron chi connectivity index (χ1n) is 1.83. The lowest BCUT2D eigenvalue weighted by Crippen LogP contribution is -2.33. The highest BCUT2D eigenvalue weighted by atomic mass is 127. The number of nitrogens with two attached hydrogens (primary N) is 1. The van der Waals surface area contributed by atoms with Gasteiger partial charge in [0.25, 0.3) is 0 Å². The van der Waals surface area contributed by atoms with Crippen molar-refractivity contribution in [2.45, 2.75) is 11.0 Å². The Hall–Kier alpha value is 0. The molecule has 7 heavy (non-hydrogen) atoms. The van der Waals surface area contributed by atoms with Gasteiger partial charge in [-0.2, -0.15) is 0 Å². The molecule has 0 aromatic heterocycles. The number of carbonyl (C=O) groups excluding carboxylic acids is 1. The molecular weight excluding hydrogens is 207 g/mol. The molecule has 0 saturated carbocycles. The van der Waals surface area contributed by atoms with E-state index in [2.05, 4.69) is 5.32 Å². The van der Waals surface area contributed by atoms with E-state index in [9.17, 15) is 4.79 Å². The fourth-order valence-electron chi connectivity index (χ4n) is 0.196. The lowest BCUT2D eigenvalue weighted by molar-refractivity contribution is 0.249. The second-order valence-electron chi connectivity index (χ2n) is 1.12. The summed E-state index contributed by atoms with van der Waals surface area (Å²) in [6.45, 7) is 1.84. The number of urea groups is 1. The first kappa shape index (κ1) is 7.00. The monoisotopic (exact) mass is 214 g/mol. The highest BCUT2D eigenvalue weighted by Gasteiger charge is 1.93. The van der Waals surface area contributed by atoms with Gasteiger partial charge in [-0.05, 0) is 6.92 Å². The maximum absolute atomic E-state index is 9.92. The van der Waals surface area contributed by atoms with Crippen molar-refractivity contribution in [1.29, 1.82) is 0 Å². The first-order valence-corrected chi connectivity index (χ1v) is 3.07. The molecule has 4 heteroatoms. The standard InChI is InChI=1S/C3H7IN2O/c1-2(4)6-3(5)7/h2H,1H3,(H3,5,6,7). The minimum absolute atomic E-state index is 0.120. The molecule has 0 aliphatic rings. The van der Waals surface area contributed by atoms with Crippen molar-refractivity contribution in [2.75, 3.05) is 0 Å². The van der Waals surface area contributed by atoms with E-state index in [4.69, 9.17) is 5.73 Å². The summed E-state index contributed by atoms with van der Waals surface area (Å²) < 4.78 is 0.120. The Morgan fingerprint density at radius 1 is 2.00 bits per heavy atom. The van der Waals surface area contributed by atoms with E-state index in [0.29, 0.717) is 0 Å². The Morgan fingerprint density at radius 3 is 2.43 bits per heavy atom. The number of amides is 2. The third-order valence-electron chi connectivity index (χ3n) is 0.341. The number of hydrogen-bond donors (Lipinski definition) is 2. The molecule has 0 radical (unpaired) electrons. The van der Waals surface area contributed by atoms with Gasteiger partial charge in [-0.1, -0.05) is 22.6 Å². The van der Waals surface area contributed by atoms with Gasteiger partial charge in [0.2, 0.25) is 0 Å². The van der Waals surface area contributed by atoms with Gasteiger partial charge in [-0.25, -0.2) is 4.79 Å². The molecule has 3 nitrogen and oxygen atoms in total. The molecule has 0 fully saturated rings. The van der Waals surface area contributed by atoms with Crippen molar-refractivity contribution in [3.05, 3.63) is 0 Å². The van der Waals surface area contributed by atoms with E-state index in [1.54, 1.807) is 0 Å². The predicted octanol–water partition coefficient (Wildman–Crippen LogP) is 0.436. The summed E-state index contributed by atoms with van der Waals surface area (Å²) in [7, 11) is 0. The van der Waals surface area contributed by atoms with Crippen LogP contribution in [0.5, 0.6) is 0 Å². The normalized spacial score (nSPS) is 12.9. The number of halogens is 1. The van der Waals surface area contributed by atoms with Crippen LogP contribution in [0.3, 0.4) is 0 Å². The lowest BCUT2D eigenvalue weighted by Gasteiger charge is -1.99. The number of primary amides is 1. The van der Waals surface area contributed by atoms with Crippen LogP contribution in [0.15, 0.2) is 0 Å². The summed E-state index contributed by atoms with van der Waals surface area (Å²) in [6, 6.07) is -0.470. The zero-order chi connectivity index (χ0) is 5.86. The molecule has 2 amide bonds. The van der Waals surface area contributed by atoms with Crippen LogP contribution in [-0.2, 0) is 0 Å². The summed E-state index contributed by atoms with van der Waals surface area (Å²) in [6.07, 6.45) is 0. The van der Waals surface area contributed by atoms with Gasteiger partial charge >= 0.3 is 6.03 Å². The summed E-state index contributed by atoms with van der Waals surface area (Å²) in [5, 5.41) is 2.43. The van der Waals surface area contributed by atoms with Gasteiger partial charge in [0, 0.05) is 0 Å². The van der Waals surface area contributed by atoms with Gasteiger partial charge in [-0.3, -0.25) is 0 Å². The summed E-state index contributed by atoms with van der Waals surface area (Å²) in [4.78, 5) is 9.92. The van der Waals surface area contributed by atoms with E-state index in [1.807, 2.05) is 29.5 Å². The SMILES string of the molecule is CC(I)NC(N)=O. The highest BCUT2D eigenvalue weighted by molar-refractivity contribution is 14.1. The third-order valence-corrected chi connectivity index (χ3v) is 0.653. The number of alkyl halides is 1. The molecule has 0 spiro atoms. The number of rotatable bonds is 1. The molecule has 0 aromatic carbocycles. The Morgan fingerprint density at radius 2 is 2.43 bits per heavy atom. The molecule has 0 aliphatic heterocycles. The largest absolute Gasteiger partial charge is 0.352 e. The van der Waals surface area contributed by atoms with Crippen LogP contribution in [0.25, 0.3) is 0 Å². The zero-order valence-corrected chi connectivity index (χ0v) is 6.10. The highest BCUT2D eigenvalue weighted by Crippen LogP contribution is 1.89. The molecule has 0 aromatic rings. The third kappa shape index (κ3) is 6.00. The van der Waals surface area contributed by atoms with Gasteiger partial charge in [0.05, 0.1) is 4.05 Å². The molecular formula is C3H7IN2O. The molecule has 3 N–H and O–H groups in total. The molecule has 0 aliphatic carbocycles. The van der Waals surface area contributed by atoms with Crippen LogP contribution in [0.4, 0.5) is 4.79 Å². The maximum Gasteiger partial charge on any atom is 0.312 e. The maximum atomic E-state index is 9.92. The van der Waals surface area contributed by atoms with Crippen molar-refractivity contribution in [3.63, 3.8) is 0 Å². The molecule has 0 bridgehead atoms. The minimum atomic E-state index is -0.470. The van der Waals surface area contributed by atoms with Crippen LogP contribution in [-0.4, -0.2) is 10.1 Å². The van der Waals surface area contributed by atoms with Crippen LogP contribution < -0.4 is 11.1 Å². The zero-order valence-electron chi connectivity index (χ0n) is 3.94. The quantitative estimate of drug-likeness (QED) is 0.371. The van der Waals surface area contributed by atoms with Crippen molar-refractivity contribution >= 4 is 28.6 Å². The summed E-state index contributed by atoms with van der Waals surface area (Å²) in [5.74, 6) is 0. The van der Waals surface area contributed by atoms with Gasteiger partial charge in [0.15, 0.2) is 0 Å². The van der Waals surface area contributed by atoms with E-state index in [0.717, 1.165) is 0 Å². The Labute approximate surface area is 55.8 Å². The Bertz CT molecular complexity index is 73.3. The van der Waals surface area contributed by atoms with Crippen molar-refractivity contribution in [1.82, 2.24) is 5.32 Å². The summed E-state index contributed by atoms with van der Waals surface area (Å²) in [5.41, 5.74) is 4.74. The molecule has 0 saturated heterocycles. The van der Waals surface area contributed by atoms with Crippen LogP contribution in [0, 0.1) is 0 Å². The fraction of sp³-hybridized carbons (Fsp3) is 0.667. The van der Waals surface area contributed by atoms with Crippen molar-refractivity contribution in [3.8, 4) is 0 Å². The smallest absolute Gasteiger partial charge is 0.312 e. The Balaban J connectivity index is 3.13. The van der Waals surface area contributed by atoms with Gasteiger partial charge < -0.3 is 11.1 Å². The number of nitrogens with one attached hydrogen (secondary N) is 1. The van der Waals surface area contributed by atoms with Crippen LogP contribution in [0.1, 0.15) is 6.92 Å². The predicted molar refractivity (Wildman–Crippen MR) is 36.2 cm³/mol. The minimum Gasteiger partial charge on any atom is -0.352 e. The van der Waals surface area contributed by atoms with Gasteiger partial charge in [0.1, 0.15) is 0 Å². The van der Waals surface area contributed by atoms with E-state index in [-0.39, 0.29) is 4.05 Å². The number of hydrogen-bond acceptors (Lipinski definition) is 1. The summed E-state index contributed by atoms with van der Waals surface area (Å²) >= 11 is 2.05. The van der Waals surface area contributed by atoms with Crippen LogP contribution >= 0.6 is 22.6 Å². The van der Waals surface area contributed by atoms with Crippen LogP contribution in [0.2, 0.25) is 0 Å². The van der Waals surface area contributed by atoms with Gasteiger partial charge in [-0.15, -0.1) is 0 Å². The molecule has 1 unspecified atom stereocenters. The molecule has 1 atom stereocenters. The Kier molecular flexibility index (Phi) is 3.06. The first-order chi connectivity index (χ1) is 3.13. The van der Waals surface area contributed by atoms with E-state index >= 15 is 0 Å². The second kappa shape index (κ2) is 3.06. The lowest BCUT2D eigenvalue weighted by atomic mass is 10.7. The van der Waals surface area contributed by atoms with Crippen molar-refractivity contribution in [2.24, 2.45) is 5.73 Å². The van der Waals surface area contributed by atoms with E-state index in [1.165, 1.54) is 0 Å². The fourth-order valence-corrected chi connectivity index (χ4v) is 0.503. The average Bonchev–Trinajstić information content (AvgIpc) is 1.27. The van der Waals surface area contributed by atoms with E-state index < -0.39 is 6.03 Å². The molecule has 42 valence electrons. The molecule has 0 heterocycles.